The third-order valence-corrected chi connectivity index (χ3v) is 7.36. The van der Waals surface area contributed by atoms with Crippen molar-refractivity contribution in [3.63, 3.8) is 0 Å². The number of rotatable bonds is 10. The normalized spacial score (nSPS) is 11.8. The third kappa shape index (κ3) is 5.89. The summed E-state index contributed by atoms with van der Waals surface area (Å²) < 4.78 is 2.16. The number of hydrogen-bond donors (Lipinski definition) is 1. The molecular formula is C27H28N2O2S2. The van der Waals surface area contributed by atoms with Gasteiger partial charge in [-0.2, -0.15) is 0 Å². The second-order valence-corrected chi connectivity index (χ2v) is 10.3. The summed E-state index contributed by atoms with van der Waals surface area (Å²) in [5.74, 6) is 0.114. The zero-order chi connectivity index (χ0) is 23.2. The molecule has 0 amide bonds. The molecule has 0 spiro atoms. The number of hydrogen-bond acceptors (Lipinski definition) is 4. The van der Waals surface area contributed by atoms with Crippen molar-refractivity contribution in [3.05, 3.63) is 91.8 Å². The fourth-order valence-electron chi connectivity index (χ4n) is 3.81. The van der Waals surface area contributed by atoms with Crippen molar-refractivity contribution in [1.82, 2.24) is 9.55 Å². The molecule has 0 aliphatic carbocycles. The Kier molecular flexibility index (Phi) is 7.57. The van der Waals surface area contributed by atoms with E-state index in [1.165, 1.54) is 21.6 Å². The van der Waals surface area contributed by atoms with E-state index in [0.717, 1.165) is 35.7 Å². The Labute approximate surface area is 202 Å². The van der Waals surface area contributed by atoms with Gasteiger partial charge in [-0.25, -0.2) is 9.78 Å². The number of nitrogens with zero attached hydrogens (tertiary/aromatic N) is 2. The van der Waals surface area contributed by atoms with Crippen LogP contribution in [-0.4, -0.2) is 20.6 Å². The zero-order valence-corrected chi connectivity index (χ0v) is 20.6. The maximum absolute atomic E-state index is 12.0. The Morgan fingerprint density at radius 2 is 1.97 bits per heavy atom. The second-order valence-electron chi connectivity index (χ2n) is 8.16. The molecule has 3 aromatic heterocycles. The van der Waals surface area contributed by atoms with E-state index in [2.05, 4.69) is 59.1 Å². The first-order valence-electron chi connectivity index (χ1n) is 11.2. The summed E-state index contributed by atoms with van der Waals surface area (Å²) in [5, 5.41) is 14.0. The van der Waals surface area contributed by atoms with E-state index >= 15 is 0 Å². The number of benzene rings is 1. The van der Waals surface area contributed by atoms with E-state index in [-0.39, 0.29) is 0 Å². The average molecular weight is 477 g/mol. The van der Waals surface area contributed by atoms with Crippen LogP contribution in [0.15, 0.2) is 65.0 Å². The molecule has 0 unspecified atom stereocenters. The standard InChI is InChI=1S/C27H28N2O2S2/c1-3-4-7-26-28-16-24(14-22(27(30)31)15-25-6-5-12-32-25)29(26)17-20-8-10-21(11-9-20)23-13-19(2)33-18-23/h5-6,8-14,16,18H,3-4,7,15,17H2,1-2H3,(H,30,31)/b22-14-. The summed E-state index contributed by atoms with van der Waals surface area (Å²) >= 11 is 3.34. The molecule has 0 saturated carbocycles. The van der Waals surface area contributed by atoms with E-state index in [1.807, 2.05) is 23.7 Å². The molecule has 4 aromatic rings. The number of unbranched alkanes of at least 4 members (excludes halogenated alkanes) is 1. The van der Waals surface area contributed by atoms with Gasteiger partial charge in [0.1, 0.15) is 5.82 Å². The maximum atomic E-state index is 12.0. The van der Waals surface area contributed by atoms with E-state index in [9.17, 15) is 9.90 Å². The highest BCUT2D eigenvalue weighted by molar-refractivity contribution is 7.10. The molecule has 0 atom stereocenters. The lowest BCUT2D eigenvalue weighted by Gasteiger charge is -2.12. The minimum atomic E-state index is -0.887. The fourth-order valence-corrected chi connectivity index (χ4v) is 5.25. The molecular weight excluding hydrogens is 448 g/mol. The van der Waals surface area contributed by atoms with Crippen LogP contribution in [-0.2, 0) is 24.2 Å². The topological polar surface area (TPSA) is 55.1 Å². The molecule has 1 N–H and O–H groups in total. The van der Waals surface area contributed by atoms with Crippen LogP contribution in [0.1, 0.15) is 46.6 Å². The molecule has 4 nitrogen and oxygen atoms in total. The Bertz CT molecular complexity index is 1230. The molecule has 0 aliphatic heterocycles. The molecule has 0 saturated heterocycles. The Balaban J connectivity index is 1.63. The van der Waals surface area contributed by atoms with Crippen LogP contribution in [0.4, 0.5) is 0 Å². The fraction of sp³-hybridized carbons (Fsp3) is 0.259. The van der Waals surface area contributed by atoms with Crippen LogP contribution >= 0.6 is 22.7 Å². The Morgan fingerprint density at radius 1 is 1.15 bits per heavy atom. The highest BCUT2D eigenvalue weighted by atomic mass is 32.1. The number of carboxylic acids is 1. The smallest absolute Gasteiger partial charge is 0.332 e. The zero-order valence-electron chi connectivity index (χ0n) is 19.0. The van der Waals surface area contributed by atoms with E-state index in [4.69, 9.17) is 0 Å². The second kappa shape index (κ2) is 10.8. The number of aliphatic carboxylic acids is 1. The van der Waals surface area contributed by atoms with Crippen LogP contribution in [0.5, 0.6) is 0 Å². The van der Waals surface area contributed by atoms with Crippen LogP contribution in [0.3, 0.4) is 0 Å². The van der Waals surface area contributed by atoms with E-state index in [0.29, 0.717) is 18.5 Å². The van der Waals surface area contributed by atoms with Gasteiger partial charge in [0.05, 0.1) is 11.9 Å². The van der Waals surface area contributed by atoms with Crippen molar-refractivity contribution < 1.29 is 9.90 Å². The molecule has 0 aliphatic rings. The molecule has 6 heteroatoms. The van der Waals surface area contributed by atoms with Gasteiger partial charge < -0.3 is 9.67 Å². The van der Waals surface area contributed by atoms with Gasteiger partial charge in [-0.3, -0.25) is 0 Å². The van der Waals surface area contributed by atoms with Crippen LogP contribution < -0.4 is 0 Å². The van der Waals surface area contributed by atoms with Gasteiger partial charge in [-0.1, -0.05) is 43.7 Å². The van der Waals surface area contributed by atoms with E-state index < -0.39 is 5.97 Å². The van der Waals surface area contributed by atoms with Gasteiger partial charge in [-0.15, -0.1) is 22.7 Å². The first-order chi connectivity index (χ1) is 16.0. The van der Waals surface area contributed by atoms with Gasteiger partial charge in [-0.05, 0) is 59.0 Å². The minimum Gasteiger partial charge on any atom is -0.478 e. The summed E-state index contributed by atoms with van der Waals surface area (Å²) in [5.41, 5.74) is 4.85. The molecule has 4 rings (SSSR count). The molecule has 1 aromatic carbocycles. The van der Waals surface area contributed by atoms with Crippen molar-refractivity contribution in [2.45, 2.75) is 46.1 Å². The number of imidazole rings is 1. The summed E-state index contributed by atoms with van der Waals surface area (Å²) in [4.78, 5) is 19.0. The van der Waals surface area contributed by atoms with Gasteiger partial charge in [0.2, 0.25) is 0 Å². The lowest BCUT2D eigenvalue weighted by molar-refractivity contribution is -0.132. The SMILES string of the molecule is CCCCc1ncc(/C=C(/Cc2cccs2)C(=O)O)n1Cc1ccc(-c2csc(C)c2)cc1. The van der Waals surface area contributed by atoms with Gasteiger partial charge in [0.15, 0.2) is 0 Å². The number of carbonyl (C=O) groups is 1. The Hall–Kier alpha value is -2.96. The lowest BCUT2D eigenvalue weighted by atomic mass is 10.1. The predicted molar refractivity (Wildman–Crippen MR) is 138 cm³/mol. The predicted octanol–water partition coefficient (Wildman–Crippen LogP) is 7.08. The van der Waals surface area contributed by atoms with Crippen LogP contribution in [0.25, 0.3) is 17.2 Å². The number of thiophene rings is 2. The summed E-state index contributed by atoms with van der Waals surface area (Å²) in [6.07, 6.45) is 7.03. The van der Waals surface area contributed by atoms with Crippen LogP contribution in [0, 0.1) is 6.92 Å². The number of aromatic nitrogens is 2. The molecule has 3 heterocycles. The van der Waals surface area contributed by atoms with Gasteiger partial charge >= 0.3 is 5.97 Å². The van der Waals surface area contributed by atoms with Crippen molar-refractivity contribution >= 4 is 34.7 Å². The average Bonchev–Trinajstić information content (AvgIpc) is 3.55. The molecule has 0 bridgehead atoms. The van der Waals surface area contributed by atoms with Crippen molar-refractivity contribution in [1.29, 1.82) is 0 Å². The van der Waals surface area contributed by atoms with Crippen molar-refractivity contribution in [2.24, 2.45) is 0 Å². The highest BCUT2D eigenvalue weighted by Gasteiger charge is 2.14. The minimum absolute atomic E-state index is 0.379. The maximum Gasteiger partial charge on any atom is 0.332 e. The molecule has 0 fully saturated rings. The third-order valence-electron chi connectivity index (χ3n) is 5.62. The molecule has 0 radical (unpaired) electrons. The number of aryl methyl sites for hydroxylation is 2. The lowest BCUT2D eigenvalue weighted by Crippen LogP contribution is -2.09. The van der Waals surface area contributed by atoms with Gasteiger partial charge in [0, 0.05) is 34.7 Å². The molecule has 33 heavy (non-hydrogen) atoms. The summed E-state index contributed by atoms with van der Waals surface area (Å²) in [6.45, 7) is 4.96. The molecule has 170 valence electrons. The number of carboxylic acid groups (broad SMARTS) is 1. The first-order valence-corrected chi connectivity index (χ1v) is 12.9. The van der Waals surface area contributed by atoms with Crippen LogP contribution in [0.2, 0.25) is 0 Å². The van der Waals surface area contributed by atoms with Crippen molar-refractivity contribution in [2.75, 3.05) is 0 Å². The monoisotopic (exact) mass is 476 g/mol. The highest BCUT2D eigenvalue weighted by Crippen LogP contribution is 2.26. The van der Waals surface area contributed by atoms with Crippen molar-refractivity contribution in [3.8, 4) is 11.1 Å². The van der Waals surface area contributed by atoms with Gasteiger partial charge in [0.25, 0.3) is 0 Å². The Morgan fingerprint density at radius 3 is 2.61 bits per heavy atom. The quantitative estimate of drug-likeness (QED) is 0.249. The van der Waals surface area contributed by atoms with E-state index in [1.54, 1.807) is 28.7 Å². The summed E-state index contributed by atoms with van der Waals surface area (Å²) in [6, 6.07) is 14.8. The summed E-state index contributed by atoms with van der Waals surface area (Å²) in [7, 11) is 0. The largest absolute Gasteiger partial charge is 0.478 e. The first kappa shape index (κ1) is 23.2.